The summed E-state index contributed by atoms with van der Waals surface area (Å²) in [6, 6.07) is 10.6. The van der Waals surface area contributed by atoms with Crippen LogP contribution < -0.4 is 11.1 Å². The Labute approximate surface area is 121 Å². The summed E-state index contributed by atoms with van der Waals surface area (Å²) in [5.74, 6) is -2.38. The zero-order valence-electron chi connectivity index (χ0n) is 11.6. The number of amides is 1. The number of anilines is 1. The third kappa shape index (κ3) is 3.64. The summed E-state index contributed by atoms with van der Waals surface area (Å²) < 4.78 is 26.6. The zero-order valence-corrected chi connectivity index (χ0v) is 11.6. The van der Waals surface area contributed by atoms with E-state index in [-0.39, 0.29) is 18.0 Å². The van der Waals surface area contributed by atoms with Crippen LogP contribution in [0.3, 0.4) is 0 Å². The van der Waals surface area contributed by atoms with E-state index in [9.17, 15) is 13.6 Å². The van der Waals surface area contributed by atoms with Crippen LogP contribution >= 0.6 is 0 Å². The molecule has 2 aromatic carbocycles. The average Bonchev–Trinajstić information content (AvgIpc) is 2.44. The van der Waals surface area contributed by atoms with E-state index in [2.05, 4.69) is 5.32 Å². The molecule has 21 heavy (non-hydrogen) atoms. The molecule has 0 saturated heterocycles. The SMILES string of the molecule is CC(N)c1ccccc1NC(=O)Cc1cccc(F)c1F. The molecule has 0 aliphatic rings. The molecule has 0 aromatic heterocycles. The molecular formula is C16H16F2N2O. The van der Waals surface area contributed by atoms with Gasteiger partial charge in [-0.1, -0.05) is 30.3 Å². The summed E-state index contributed by atoms with van der Waals surface area (Å²) in [6.45, 7) is 1.80. The van der Waals surface area contributed by atoms with Crippen LogP contribution in [0.25, 0.3) is 0 Å². The van der Waals surface area contributed by atoms with E-state index in [0.717, 1.165) is 11.6 Å². The van der Waals surface area contributed by atoms with Gasteiger partial charge in [-0.25, -0.2) is 8.78 Å². The first-order valence-corrected chi connectivity index (χ1v) is 6.56. The van der Waals surface area contributed by atoms with Crippen molar-refractivity contribution in [2.24, 2.45) is 5.73 Å². The molecule has 0 heterocycles. The molecule has 1 amide bonds. The van der Waals surface area contributed by atoms with Crippen LogP contribution in [-0.2, 0) is 11.2 Å². The van der Waals surface area contributed by atoms with Gasteiger partial charge >= 0.3 is 0 Å². The van der Waals surface area contributed by atoms with Gasteiger partial charge in [0.05, 0.1) is 6.42 Å². The lowest BCUT2D eigenvalue weighted by molar-refractivity contribution is -0.115. The fraction of sp³-hybridized carbons (Fsp3) is 0.188. The molecule has 3 N–H and O–H groups in total. The Bertz CT molecular complexity index is 656. The standard InChI is InChI=1S/C16H16F2N2O/c1-10(19)12-6-2-3-8-14(12)20-15(21)9-11-5-4-7-13(17)16(11)18/h2-8,10H,9,19H2,1H3,(H,20,21). The minimum atomic E-state index is -0.992. The monoisotopic (exact) mass is 290 g/mol. The zero-order chi connectivity index (χ0) is 15.4. The van der Waals surface area contributed by atoms with E-state index in [1.807, 2.05) is 12.1 Å². The molecule has 5 heteroatoms. The molecule has 0 aliphatic carbocycles. The van der Waals surface area contributed by atoms with Crippen molar-refractivity contribution in [2.75, 3.05) is 5.32 Å². The highest BCUT2D eigenvalue weighted by molar-refractivity contribution is 5.93. The lowest BCUT2D eigenvalue weighted by Gasteiger charge is -2.13. The number of para-hydroxylation sites is 1. The van der Waals surface area contributed by atoms with Crippen molar-refractivity contribution in [3.63, 3.8) is 0 Å². The highest BCUT2D eigenvalue weighted by Gasteiger charge is 2.13. The van der Waals surface area contributed by atoms with Gasteiger partial charge in [-0.3, -0.25) is 4.79 Å². The Morgan fingerprint density at radius 2 is 1.90 bits per heavy atom. The quantitative estimate of drug-likeness (QED) is 0.908. The van der Waals surface area contributed by atoms with Crippen molar-refractivity contribution in [3.8, 4) is 0 Å². The van der Waals surface area contributed by atoms with E-state index in [0.29, 0.717) is 5.69 Å². The fourth-order valence-corrected chi connectivity index (χ4v) is 2.06. The van der Waals surface area contributed by atoms with Crippen LogP contribution in [0.1, 0.15) is 24.1 Å². The van der Waals surface area contributed by atoms with Gasteiger partial charge < -0.3 is 11.1 Å². The van der Waals surface area contributed by atoms with Gasteiger partial charge in [0, 0.05) is 17.3 Å². The van der Waals surface area contributed by atoms with Crippen molar-refractivity contribution >= 4 is 11.6 Å². The number of hydrogen-bond acceptors (Lipinski definition) is 2. The summed E-state index contributed by atoms with van der Waals surface area (Å²) in [5.41, 5.74) is 7.21. The van der Waals surface area contributed by atoms with Crippen LogP contribution in [-0.4, -0.2) is 5.91 Å². The minimum absolute atomic E-state index is 0.0192. The summed E-state index contributed by atoms with van der Waals surface area (Å²) in [7, 11) is 0. The highest BCUT2D eigenvalue weighted by Crippen LogP contribution is 2.21. The number of halogens is 2. The van der Waals surface area contributed by atoms with Crippen molar-refractivity contribution in [1.29, 1.82) is 0 Å². The van der Waals surface area contributed by atoms with Crippen LogP contribution in [0.15, 0.2) is 42.5 Å². The normalized spacial score (nSPS) is 12.0. The van der Waals surface area contributed by atoms with E-state index in [4.69, 9.17) is 5.73 Å². The van der Waals surface area contributed by atoms with Gasteiger partial charge in [0.15, 0.2) is 11.6 Å². The van der Waals surface area contributed by atoms with E-state index < -0.39 is 17.5 Å². The average molecular weight is 290 g/mol. The molecule has 1 atom stereocenters. The first kappa shape index (κ1) is 15.1. The lowest BCUT2D eigenvalue weighted by atomic mass is 10.1. The van der Waals surface area contributed by atoms with Gasteiger partial charge in [-0.05, 0) is 24.6 Å². The Morgan fingerprint density at radius 1 is 1.19 bits per heavy atom. The van der Waals surface area contributed by atoms with Gasteiger partial charge in [0.2, 0.25) is 5.91 Å². The number of rotatable bonds is 4. The van der Waals surface area contributed by atoms with Crippen molar-refractivity contribution < 1.29 is 13.6 Å². The summed E-state index contributed by atoms with van der Waals surface area (Å²) in [5, 5.41) is 2.68. The molecule has 110 valence electrons. The van der Waals surface area contributed by atoms with Gasteiger partial charge in [-0.2, -0.15) is 0 Å². The van der Waals surface area contributed by atoms with Gasteiger partial charge in [0.1, 0.15) is 0 Å². The number of nitrogens with one attached hydrogen (secondary N) is 1. The fourth-order valence-electron chi connectivity index (χ4n) is 2.06. The predicted molar refractivity (Wildman–Crippen MR) is 77.7 cm³/mol. The Kier molecular flexibility index (Phi) is 4.65. The second-order valence-corrected chi connectivity index (χ2v) is 4.81. The molecule has 1 unspecified atom stereocenters. The molecule has 0 aliphatic heterocycles. The second kappa shape index (κ2) is 6.45. The number of benzene rings is 2. The van der Waals surface area contributed by atoms with Crippen LogP contribution in [0.5, 0.6) is 0 Å². The highest BCUT2D eigenvalue weighted by atomic mass is 19.2. The van der Waals surface area contributed by atoms with E-state index >= 15 is 0 Å². The number of hydrogen-bond donors (Lipinski definition) is 2. The number of nitrogens with two attached hydrogens (primary N) is 1. The number of carbonyl (C=O) groups is 1. The lowest BCUT2D eigenvalue weighted by Crippen LogP contribution is -2.18. The largest absolute Gasteiger partial charge is 0.325 e. The minimum Gasteiger partial charge on any atom is -0.325 e. The summed E-state index contributed by atoms with van der Waals surface area (Å²) >= 11 is 0. The molecule has 0 spiro atoms. The summed E-state index contributed by atoms with van der Waals surface area (Å²) in [4.78, 5) is 12.0. The van der Waals surface area contributed by atoms with E-state index in [1.165, 1.54) is 12.1 Å². The molecule has 2 rings (SSSR count). The maximum atomic E-state index is 13.5. The van der Waals surface area contributed by atoms with Gasteiger partial charge in [-0.15, -0.1) is 0 Å². The first-order chi connectivity index (χ1) is 9.99. The summed E-state index contributed by atoms with van der Waals surface area (Å²) in [6.07, 6.45) is -0.239. The van der Waals surface area contributed by atoms with Crippen LogP contribution in [0.4, 0.5) is 14.5 Å². The van der Waals surface area contributed by atoms with E-state index in [1.54, 1.807) is 19.1 Å². The number of carbonyl (C=O) groups excluding carboxylic acids is 1. The predicted octanol–water partition coefficient (Wildman–Crippen LogP) is 3.17. The van der Waals surface area contributed by atoms with Crippen molar-refractivity contribution in [2.45, 2.75) is 19.4 Å². The molecule has 2 aromatic rings. The molecular weight excluding hydrogens is 274 g/mol. The molecule has 0 radical (unpaired) electrons. The van der Waals surface area contributed by atoms with Crippen molar-refractivity contribution in [3.05, 3.63) is 65.2 Å². The Hall–Kier alpha value is -2.27. The van der Waals surface area contributed by atoms with Gasteiger partial charge in [0.25, 0.3) is 0 Å². The Balaban J connectivity index is 2.14. The molecule has 0 saturated carbocycles. The molecule has 3 nitrogen and oxygen atoms in total. The van der Waals surface area contributed by atoms with Crippen LogP contribution in [0, 0.1) is 11.6 Å². The molecule has 0 fully saturated rings. The Morgan fingerprint density at radius 3 is 2.62 bits per heavy atom. The van der Waals surface area contributed by atoms with Crippen molar-refractivity contribution in [1.82, 2.24) is 0 Å². The topological polar surface area (TPSA) is 55.1 Å². The maximum Gasteiger partial charge on any atom is 0.228 e. The second-order valence-electron chi connectivity index (χ2n) is 4.81. The third-order valence-electron chi connectivity index (χ3n) is 3.11. The first-order valence-electron chi connectivity index (χ1n) is 6.56. The smallest absolute Gasteiger partial charge is 0.228 e. The molecule has 0 bridgehead atoms. The third-order valence-corrected chi connectivity index (χ3v) is 3.11. The van der Waals surface area contributed by atoms with Crippen LogP contribution in [0.2, 0.25) is 0 Å². The maximum absolute atomic E-state index is 13.5.